The van der Waals surface area contributed by atoms with E-state index in [1.54, 1.807) is 18.2 Å². The molecule has 3 N–H and O–H groups in total. The molecule has 0 unspecified atom stereocenters. The lowest BCUT2D eigenvalue weighted by Gasteiger charge is -2.25. The number of hydrogen-bond acceptors (Lipinski definition) is 4. The van der Waals surface area contributed by atoms with Gasteiger partial charge in [-0.25, -0.2) is 8.42 Å². The lowest BCUT2D eigenvalue weighted by Crippen LogP contribution is -2.52. The molecule has 0 heterocycles. The maximum Gasteiger partial charge on any atom is 0.241 e. The first-order chi connectivity index (χ1) is 11.2. The fourth-order valence-electron chi connectivity index (χ4n) is 2.24. The molecule has 24 heavy (non-hydrogen) atoms. The van der Waals surface area contributed by atoms with Crippen LogP contribution in [0.1, 0.15) is 34.1 Å². The van der Waals surface area contributed by atoms with Gasteiger partial charge in [-0.3, -0.25) is 4.79 Å². The number of aliphatic hydroxyl groups excluding tert-OH is 1. The molecule has 7 heteroatoms. The lowest BCUT2D eigenvalue weighted by molar-refractivity contribution is -0.124. The molecule has 1 amide bonds. The number of amides is 1. The van der Waals surface area contributed by atoms with Crippen molar-refractivity contribution in [2.75, 3.05) is 6.61 Å². The Balaban J connectivity index is 2.95. The quantitative estimate of drug-likeness (QED) is 0.625. The second-order valence-corrected chi connectivity index (χ2v) is 8.37. The van der Waals surface area contributed by atoms with Gasteiger partial charge in [-0.2, -0.15) is 4.72 Å². The zero-order chi connectivity index (χ0) is 18.3. The van der Waals surface area contributed by atoms with Crippen LogP contribution >= 0.6 is 0 Å². The fourth-order valence-corrected chi connectivity index (χ4v) is 3.47. The number of sulfonamides is 1. The van der Waals surface area contributed by atoms with E-state index >= 15 is 0 Å². The molecule has 6 nitrogen and oxygen atoms in total. The van der Waals surface area contributed by atoms with Gasteiger partial charge in [0.2, 0.25) is 15.9 Å². The van der Waals surface area contributed by atoms with Crippen molar-refractivity contribution in [3.8, 4) is 0 Å². The summed E-state index contributed by atoms with van der Waals surface area (Å²) in [6.07, 6.45) is 0.369. The van der Waals surface area contributed by atoms with Gasteiger partial charge < -0.3 is 10.4 Å². The van der Waals surface area contributed by atoms with Gasteiger partial charge in [0.05, 0.1) is 17.5 Å². The Morgan fingerprint density at radius 1 is 1.12 bits per heavy atom. The van der Waals surface area contributed by atoms with Gasteiger partial charge in [0, 0.05) is 0 Å². The van der Waals surface area contributed by atoms with Crippen LogP contribution < -0.4 is 10.0 Å². The minimum atomic E-state index is -3.79. The summed E-state index contributed by atoms with van der Waals surface area (Å²) in [6.45, 7) is 7.41. The van der Waals surface area contributed by atoms with Crippen LogP contribution in [-0.4, -0.2) is 38.1 Å². The topological polar surface area (TPSA) is 95.5 Å². The average molecular weight is 356 g/mol. The zero-order valence-corrected chi connectivity index (χ0v) is 15.5. The first kappa shape index (κ1) is 20.6. The van der Waals surface area contributed by atoms with E-state index in [0.29, 0.717) is 6.42 Å². The Morgan fingerprint density at radius 2 is 1.71 bits per heavy atom. The molecule has 0 aliphatic heterocycles. The Morgan fingerprint density at radius 3 is 2.17 bits per heavy atom. The molecule has 0 aliphatic rings. The van der Waals surface area contributed by atoms with Crippen LogP contribution in [0, 0.1) is 11.8 Å². The fraction of sp³-hybridized carbons (Fsp3) is 0.588. The molecule has 0 fully saturated rings. The minimum Gasteiger partial charge on any atom is -0.394 e. The summed E-state index contributed by atoms with van der Waals surface area (Å²) in [5.74, 6) is -0.244. The van der Waals surface area contributed by atoms with E-state index in [0.717, 1.165) is 0 Å². The lowest BCUT2D eigenvalue weighted by atomic mass is 10.0. The molecule has 2 atom stereocenters. The first-order valence-electron chi connectivity index (χ1n) is 8.16. The zero-order valence-electron chi connectivity index (χ0n) is 14.7. The molecule has 1 rings (SSSR count). The number of carbonyl (C=O) groups excluding carboxylic acids is 1. The van der Waals surface area contributed by atoms with Crippen molar-refractivity contribution >= 4 is 15.9 Å². The maximum atomic E-state index is 12.5. The van der Waals surface area contributed by atoms with E-state index in [4.69, 9.17) is 0 Å². The summed E-state index contributed by atoms with van der Waals surface area (Å²) < 4.78 is 27.4. The third-order valence-electron chi connectivity index (χ3n) is 3.70. The molecular formula is C17H28N2O4S. The highest BCUT2D eigenvalue weighted by molar-refractivity contribution is 7.89. The van der Waals surface area contributed by atoms with Crippen molar-refractivity contribution < 1.29 is 18.3 Å². The van der Waals surface area contributed by atoms with E-state index in [1.165, 1.54) is 12.1 Å². The largest absolute Gasteiger partial charge is 0.394 e. The summed E-state index contributed by atoms with van der Waals surface area (Å²) in [5, 5.41) is 12.1. The molecule has 0 radical (unpaired) electrons. The average Bonchev–Trinajstić information content (AvgIpc) is 2.51. The summed E-state index contributed by atoms with van der Waals surface area (Å²) in [4.78, 5) is 12.6. The van der Waals surface area contributed by atoms with Crippen molar-refractivity contribution in [1.82, 2.24) is 10.0 Å². The van der Waals surface area contributed by atoms with E-state index in [-0.39, 0.29) is 23.3 Å². The van der Waals surface area contributed by atoms with Crippen LogP contribution in [0.15, 0.2) is 35.2 Å². The number of hydrogen-bond donors (Lipinski definition) is 3. The second kappa shape index (κ2) is 9.15. The molecule has 0 aliphatic carbocycles. The number of benzene rings is 1. The molecular weight excluding hydrogens is 328 g/mol. The predicted molar refractivity (Wildman–Crippen MR) is 93.9 cm³/mol. The molecule has 0 bridgehead atoms. The van der Waals surface area contributed by atoms with Gasteiger partial charge in [0.25, 0.3) is 0 Å². The molecule has 0 aromatic heterocycles. The van der Waals surface area contributed by atoms with Crippen LogP contribution in [0.5, 0.6) is 0 Å². The smallest absolute Gasteiger partial charge is 0.241 e. The number of aliphatic hydroxyl groups is 1. The first-order valence-corrected chi connectivity index (χ1v) is 9.64. The van der Waals surface area contributed by atoms with Crippen LogP contribution in [0.4, 0.5) is 0 Å². The monoisotopic (exact) mass is 356 g/mol. The van der Waals surface area contributed by atoms with Crippen LogP contribution in [0.3, 0.4) is 0 Å². The Bertz CT molecular complexity index is 615. The highest BCUT2D eigenvalue weighted by atomic mass is 32.2. The number of nitrogens with one attached hydrogen (secondary N) is 2. The summed E-state index contributed by atoms with van der Waals surface area (Å²) in [5.41, 5.74) is 0. The number of rotatable bonds is 9. The van der Waals surface area contributed by atoms with Crippen molar-refractivity contribution in [3.63, 3.8) is 0 Å². The van der Waals surface area contributed by atoms with Crippen molar-refractivity contribution in [2.45, 2.75) is 51.1 Å². The van der Waals surface area contributed by atoms with Gasteiger partial charge in [0.15, 0.2) is 0 Å². The Hall–Kier alpha value is -1.44. The Labute approximate surface area is 144 Å². The summed E-state index contributed by atoms with van der Waals surface area (Å²) in [7, 11) is -3.79. The SMILES string of the molecule is CC(C)C[C@H](NS(=O)(=O)c1ccccc1)C(=O)N[C@H](CO)C(C)C. The van der Waals surface area contributed by atoms with Crippen LogP contribution in [0.2, 0.25) is 0 Å². The third-order valence-corrected chi connectivity index (χ3v) is 5.19. The van der Waals surface area contributed by atoms with Gasteiger partial charge in [-0.1, -0.05) is 45.9 Å². The standard InChI is InChI=1S/C17H28N2O4S/c1-12(2)10-15(17(21)18-16(11-20)13(3)4)19-24(22,23)14-8-6-5-7-9-14/h5-9,12-13,15-16,19-20H,10-11H2,1-4H3,(H,18,21)/t15-,16+/m0/s1. The van der Waals surface area contributed by atoms with Crippen molar-refractivity contribution in [1.29, 1.82) is 0 Å². The number of carbonyl (C=O) groups is 1. The van der Waals surface area contributed by atoms with E-state index < -0.39 is 28.0 Å². The van der Waals surface area contributed by atoms with Gasteiger partial charge in [-0.15, -0.1) is 0 Å². The normalized spacial score (nSPS) is 14.6. The van der Waals surface area contributed by atoms with Gasteiger partial charge in [0.1, 0.15) is 6.04 Å². The third kappa shape index (κ3) is 6.22. The van der Waals surface area contributed by atoms with E-state index in [2.05, 4.69) is 10.0 Å². The maximum absolute atomic E-state index is 12.5. The summed E-state index contributed by atoms with van der Waals surface area (Å²) in [6, 6.07) is 6.66. The molecule has 1 aromatic carbocycles. The van der Waals surface area contributed by atoms with Crippen molar-refractivity contribution in [3.05, 3.63) is 30.3 Å². The Kier molecular flexibility index (Phi) is 7.86. The molecule has 0 saturated heterocycles. The second-order valence-electron chi connectivity index (χ2n) is 6.66. The van der Waals surface area contributed by atoms with Crippen LogP contribution in [0.25, 0.3) is 0 Å². The molecule has 0 saturated carbocycles. The molecule has 1 aromatic rings. The predicted octanol–water partition coefficient (Wildman–Crippen LogP) is 1.51. The molecule has 136 valence electrons. The van der Waals surface area contributed by atoms with Crippen LogP contribution in [-0.2, 0) is 14.8 Å². The summed E-state index contributed by atoms with van der Waals surface area (Å²) >= 11 is 0. The molecule has 0 spiro atoms. The minimum absolute atomic E-state index is 0.0457. The van der Waals surface area contributed by atoms with Gasteiger partial charge in [-0.05, 0) is 30.4 Å². The van der Waals surface area contributed by atoms with Crippen molar-refractivity contribution in [2.24, 2.45) is 11.8 Å². The highest BCUT2D eigenvalue weighted by Crippen LogP contribution is 2.13. The van der Waals surface area contributed by atoms with E-state index in [9.17, 15) is 18.3 Å². The van der Waals surface area contributed by atoms with E-state index in [1.807, 2.05) is 27.7 Å². The van der Waals surface area contributed by atoms with Gasteiger partial charge >= 0.3 is 0 Å². The highest BCUT2D eigenvalue weighted by Gasteiger charge is 2.28.